The number of nitrogens with one attached hydrogen (secondary N) is 2. The van der Waals surface area contributed by atoms with Gasteiger partial charge in [0.1, 0.15) is 5.69 Å². The van der Waals surface area contributed by atoms with Crippen molar-refractivity contribution in [3.8, 4) is 11.3 Å². The van der Waals surface area contributed by atoms with Crippen LogP contribution in [-0.2, 0) is 0 Å². The molecule has 31 heavy (non-hydrogen) atoms. The van der Waals surface area contributed by atoms with Crippen LogP contribution in [0.15, 0.2) is 96.1 Å². The zero-order chi connectivity index (χ0) is 21.2. The second-order valence-electron chi connectivity index (χ2n) is 7.36. The smallest absolute Gasteiger partial charge is 0.272 e. The maximum absolute atomic E-state index is 12.7. The van der Waals surface area contributed by atoms with E-state index in [0.29, 0.717) is 5.69 Å². The number of carbonyl (C=O) groups is 1. The van der Waals surface area contributed by atoms with Crippen LogP contribution >= 0.6 is 0 Å². The Morgan fingerprint density at radius 3 is 2.29 bits per heavy atom. The first kappa shape index (κ1) is 18.8. The van der Waals surface area contributed by atoms with Crippen LogP contribution in [0.25, 0.3) is 32.8 Å². The van der Waals surface area contributed by atoms with Gasteiger partial charge >= 0.3 is 0 Å². The van der Waals surface area contributed by atoms with Crippen molar-refractivity contribution in [3.63, 3.8) is 0 Å². The van der Waals surface area contributed by atoms with Crippen LogP contribution in [0.3, 0.4) is 0 Å². The van der Waals surface area contributed by atoms with Crippen LogP contribution in [0.1, 0.15) is 23.0 Å². The van der Waals surface area contributed by atoms with E-state index in [-0.39, 0.29) is 5.91 Å². The molecular weight excluding hydrogens is 384 g/mol. The lowest BCUT2D eigenvalue weighted by Gasteiger charge is -2.06. The Balaban J connectivity index is 1.40. The largest absolute Gasteiger partial charge is 0.289 e. The van der Waals surface area contributed by atoms with Crippen molar-refractivity contribution in [3.05, 3.63) is 102 Å². The third-order valence-electron chi connectivity index (χ3n) is 5.39. The Morgan fingerprint density at radius 1 is 0.839 bits per heavy atom. The number of aromatic amines is 1. The number of carbonyl (C=O) groups excluding carboxylic acids is 1. The number of hydrogen-bond donors (Lipinski definition) is 2. The molecule has 0 aliphatic heterocycles. The minimum Gasteiger partial charge on any atom is -0.272 e. The number of amides is 1. The lowest BCUT2D eigenvalue weighted by molar-refractivity contribution is 0.0950. The van der Waals surface area contributed by atoms with Gasteiger partial charge in [0.2, 0.25) is 0 Å². The molecule has 150 valence electrons. The standard InChI is InChI=1S/C26H20N4O/c1-17(20-14-6-10-18-8-2-4-12-21(18)20)27-30-26(31)25-16-24(28-29-25)23-15-7-11-19-9-3-5-13-22(19)23/h2-16H,1H3,(H,28,29)(H,30,31)/b27-17+. The van der Waals surface area contributed by atoms with Gasteiger partial charge in [-0.15, -0.1) is 0 Å². The summed E-state index contributed by atoms with van der Waals surface area (Å²) in [7, 11) is 0. The Hall–Kier alpha value is -4.25. The Bertz CT molecular complexity index is 1440. The van der Waals surface area contributed by atoms with E-state index in [1.54, 1.807) is 6.07 Å². The molecule has 0 saturated carbocycles. The van der Waals surface area contributed by atoms with Gasteiger partial charge in [-0.25, -0.2) is 5.43 Å². The third kappa shape index (κ3) is 3.57. The summed E-state index contributed by atoms with van der Waals surface area (Å²) in [5, 5.41) is 16.0. The number of aromatic nitrogens is 2. The highest BCUT2D eigenvalue weighted by atomic mass is 16.2. The summed E-state index contributed by atoms with van der Waals surface area (Å²) in [6.45, 7) is 1.89. The van der Waals surface area contributed by atoms with Gasteiger partial charge in [0.15, 0.2) is 0 Å². The number of nitrogens with zero attached hydrogens (tertiary/aromatic N) is 2. The monoisotopic (exact) mass is 404 g/mol. The van der Waals surface area contributed by atoms with E-state index < -0.39 is 0 Å². The molecule has 1 aromatic heterocycles. The van der Waals surface area contributed by atoms with Gasteiger partial charge in [-0.05, 0) is 34.5 Å². The van der Waals surface area contributed by atoms with Crippen molar-refractivity contribution >= 4 is 33.2 Å². The quantitative estimate of drug-likeness (QED) is 0.305. The van der Waals surface area contributed by atoms with Crippen molar-refractivity contribution in [1.82, 2.24) is 15.6 Å². The van der Waals surface area contributed by atoms with E-state index in [4.69, 9.17) is 0 Å². The minimum absolute atomic E-state index is 0.335. The van der Waals surface area contributed by atoms with E-state index in [2.05, 4.69) is 57.1 Å². The molecule has 1 heterocycles. The lowest BCUT2D eigenvalue weighted by Crippen LogP contribution is -2.19. The summed E-state index contributed by atoms with van der Waals surface area (Å²) in [5.74, 6) is -0.335. The van der Waals surface area contributed by atoms with E-state index in [0.717, 1.165) is 44.1 Å². The molecule has 5 rings (SSSR count). The molecule has 0 unspecified atom stereocenters. The van der Waals surface area contributed by atoms with Crippen molar-refractivity contribution in [2.24, 2.45) is 5.10 Å². The summed E-state index contributed by atoms with van der Waals surface area (Å²) in [4.78, 5) is 12.7. The molecule has 0 radical (unpaired) electrons. The highest BCUT2D eigenvalue weighted by Crippen LogP contribution is 2.27. The number of benzene rings is 4. The van der Waals surface area contributed by atoms with Crippen molar-refractivity contribution in [1.29, 1.82) is 0 Å². The molecule has 0 aliphatic carbocycles. The lowest BCUT2D eigenvalue weighted by atomic mass is 10.0. The molecular formula is C26H20N4O. The fraction of sp³-hybridized carbons (Fsp3) is 0.0385. The molecule has 0 aliphatic rings. The second kappa shape index (κ2) is 7.88. The fourth-order valence-corrected chi connectivity index (χ4v) is 3.82. The third-order valence-corrected chi connectivity index (χ3v) is 5.39. The summed E-state index contributed by atoms with van der Waals surface area (Å²) >= 11 is 0. The van der Waals surface area contributed by atoms with Gasteiger partial charge in [0, 0.05) is 11.1 Å². The van der Waals surface area contributed by atoms with E-state index in [9.17, 15) is 4.79 Å². The number of fused-ring (bicyclic) bond motifs is 2. The van der Waals surface area contributed by atoms with Gasteiger partial charge in [0.05, 0.1) is 11.4 Å². The van der Waals surface area contributed by atoms with Gasteiger partial charge < -0.3 is 0 Å². The number of hydrogen-bond acceptors (Lipinski definition) is 3. The molecule has 5 heteroatoms. The van der Waals surface area contributed by atoms with Gasteiger partial charge in [-0.1, -0.05) is 84.9 Å². The second-order valence-corrected chi connectivity index (χ2v) is 7.36. The van der Waals surface area contributed by atoms with Gasteiger partial charge in [0.25, 0.3) is 5.91 Å². The van der Waals surface area contributed by atoms with Crippen molar-refractivity contribution in [2.75, 3.05) is 0 Å². The number of hydrazone groups is 1. The highest BCUT2D eigenvalue weighted by Gasteiger charge is 2.13. The summed E-state index contributed by atoms with van der Waals surface area (Å²) in [6, 6.07) is 30.1. The maximum Gasteiger partial charge on any atom is 0.289 e. The zero-order valence-electron chi connectivity index (χ0n) is 17.0. The Kier molecular flexibility index (Phi) is 4.77. The molecule has 0 spiro atoms. The summed E-state index contributed by atoms with van der Waals surface area (Å²) < 4.78 is 0. The predicted octanol–water partition coefficient (Wildman–Crippen LogP) is 5.54. The van der Waals surface area contributed by atoms with Crippen molar-refractivity contribution < 1.29 is 4.79 Å². The van der Waals surface area contributed by atoms with Crippen LogP contribution in [0.5, 0.6) is 0 Å². The zero-order valence-corrected chi connectivity index (χ0v) is 17.0. The van der Waals surface area contributed by atoms with E-state index in [1.165, 1.54) is 0 Å². The average molecular weight is 404 g/mol. The first-order chi connectivity index (χ1) is 15.2. The van der Waals surface area contributed by atoms with Crippen LogP contribution < -0.4 is 5.43 Å². The summed E-state index contributed by atoms with van der Waals surface area (Å²) in [6.07, 6.45) is 0. The van der Waals surface area contributed by atoms with Gasteiger partial charge in [-0.3, -0.25) is 9.89 Å². The van der Waals surface area contributed by atoms with E-state index >= 15 is 0 Å². The van der Waals surface area contributed by atoms with Crippen LogP contribution in [0, 0.1) is 0 Å². The maximum atomic E-state index is 12.7. The fourth-order valence-electron chi connectivity index (χ4n) is 3.82. The van der Waals surface area contributed by atoms with Crippen LogP contribution in [-0.4, -0.2) is 21.8 Å². The van der Waals surface area contributed by atoms with E-state index in [1.807, 2.05) is 55.5 Å². The Morgan fingerprint density at radius 2 is 1.48 bits per heavy atom. The highest BCUT2D eigenvalue weighted by molar-refractivity contribution is 6.10. The predicted molar refractivity (Wildman–Crippen MR) is 125 cm³/mol. The number of H-pyrrole nitrogens is 1. The molecule has 0 fully saturated rings. The normalized spacial score (nSPS) is 11.7. The molecule has 4 aromatic carbocycles. The van der Waals surface area contributed by atoms with Crippen molar-refractivity contribution in [2.45, 2.75) is 6.92 Å². The molecule has 5 aromatic rings. The van der Waals surface area contributed by atoms with Crippen LogP contribution in [0.2, 0.25) is 0 Å². The van der Waals surface area contributed by atoms with Gasteiger partial charge in [-0.2, -0.15) is 10.2 Å². The molecule has 0 atom stereocenters. The SMILES string of the molecule is C/C(=N\NC(=O)c1cc(-c2cccc3ccccc23)n[nH]1)c1cccc2ccccc12. The molecule has 0 saturated heterocycles. The molecule has 2 N–H and O–H groups in total. The number of rotatable bonds is 4. The molecule has 5 nitrogen and oxygen atoms in total. The minimum atomic E-state index is -0.335. The first-order valence-corrected chi connectivity index (χ1v) is 10.1. The molecule has 1 amide bonds. The average Bonchev–Trinajstić information content (AvgIpc) is 3.32. The summed E-state index contributed by atoms with van der Waals surface area (Å²) in [5.41, 5.74) is 6.42. The first-order valence-electron chi connectivity index (χ1n) is 10.1. The Labute approximate surface area is 179 Å². The van der Waals surface area contributed by atoms with Crippen LogP contribution in [0.4, 0.5) is 0 Å². The topological polar surface area (TPSA) is 70.1 Å². The molecule has 0 bridgehead atoms.